The molecule has 0 aliphatic heterocycles. The number of hydrogen-bond acceptors (Lipinski definition) is 4. The van der Waals surface area contributed by atoms with Crippen molar-refractivity contribution in [2.75, 3.05) is 11.5 Å². The number of sulfone groups is 1. The van der Waals surface area contributed by atoms with Crippen molar-refractivity contribution < 1.29 is 21.4 Å². The Morgan fingerprint density at radius 3 is 1.94 bits per heavy atom. The second-order valence-corrected chi connectivity index (χ2v) is 8.59. The van der Waals surface area contributed by atoms with Crippen LogP contribution in [0.3, 0.4) is 0 Å². The molecule has 0 unspecified atom stereocenters. The Morgan fingerprint density at radius 1 is 0.882 bits per heavy atom. The Kier molecular flexibility index (Phi) is 5.40. The smallest absolute Gasteiger partial charge is 0.264 e. The van der Waals surface area contributed by atoms with Crippen LogP contribution in [0.4, 0.5) is 0 Å². The van der Waals surface area contributed by atoms with Gasteiger partial charge in [0.1, 0.15) is 0 Å². The zero-order chi connectivity index (χ0) is 12.9. The molecule has 1 fully saturated rings. The zero-order valence-corrected chi connectivity index (χ0v) is 11.5. The first-order valence-electron chi connectivity index (χ1n) is 5.98. The summed E-state index contributed by atoms with van der Waals surface area (Å²) >= 11 is 0. The fourth-order valence-corrected chi connectivity index (χ4v) is 4.74. The van der Waals surface area contributed by atoms with Crippen molar-refractivity contribution in [1.29, 1.82) is 0 Å². The van der Waals surface area contributed by atoms with Crippen LogP contribution in [0.1, 0.15) is 44.9 Å². The van der Waals surface area contributed by atoms with Crippen LogP contribution in [0.2, 0.25) is 0 Å². The number of hydrogen-bond donors (Lipinski definition) is 1. The first-order chi connectivity index (χ1) is 7.81. The summed E-state index contributed by atoms with van der Waals surface area (Å²) < 4.78 is 53.2. The van der Waals surface area contributed by atoms with Crippen LogP contribution in [0.15, 0.2) is 0 Å². The predicted molar refractivity (Wildman–Crippen MR) is 66.3 cm³/mol. The lowest BCUT2D eigenvalue weighted by atomic mass is 10.0. The van der Waals surface area contributed by atoms with Gasteiger partial charge in [-0.3, -0.25) is 4.55 Å². The van der Waals surface area contributed by atoms with Crippen LogP contribution >= 0.6 is 0 Å². The molecule has 0 aromatic rings. The Labute approximate surface area is 103 Å². The van der Waals surface area contributed by atoms with Gasteiger partial charge in [-0.05, 0) is 25.7 Å². The largest absolute Gasteiger partial charge is 0.286 e. The molecule has 5 nitrogen and oxygen atoms in total. The van der Waals surface area contributed by atoms with Gasteiger partial charge in [0, 0.05) is 0 Å². The SMILES string of the molecule is O=S(=O)(O)CCCCS(=O)(=O)C1CCCCC1. The van der Waals surface area contributed by atoms with Gasteiger partial charge in [-0.25, -0.2) is 8.42 Å². The van der Waals surface area contributed by atoms with Gasteiger partial charge >= 0.3 is 0 Å². The molecule has 0 aromatic carbocycles. The molecular formula is C10H20O5S2. The van der Waals surface area contributed by atoms with Gasteiger partial charge in [0.15, 0.2) is 9.84 Å². The highest BCUT2D eigenvalue weighted by atomic mass is 32.2. The topological polar surface area (TPSA) is 88.5 Å². The zero-order valence-electron chi connectivity index (χ0n) is 9.84. The normalized spacial score (nSPS) is 19.4. The van der Waals surface area contributed by atoms with Crippen molar-refractivity contribution in [3.63, 3.8) is 0 Å². The Morgan fingerprint density at radius 2 is 1.41 bits per heavy atom. The summed E-state index contributed by atoms with van der Waals surface area (Å²) in [5, 5.41) is -0.234. The molecule has 0 amide bonds. The van der Waals surface area contributed by atoms with Crippen molar-refractivity contribution in [3.8, 4) is 0 Å². The summed E-state index contributed by atoms with van der Waals surface area (Å²) in [6.45, 7) is 0. The van der Waals surface area contributed by atoms with Crippen LogP contribution in [0.25, 0.3) is 0 Å². The van der Waals surface area contributed by atoms with E-state index in [-0.39, 0.29) is 23.2 Å². The maximum Gasteiger partial charge on any atom is 0.264 e. The van der Waals surface area contributed by atoms with E-state index in [2.05, 4.69) is 0 Å². The molecular weight excluding hydrogens is 264 g/mol. The predicted octanol–water partition coefficient (Wildman–Crippen LogP) is 1.40. The molecule has 0 saturated heterocycles. The summed E-state index contributed by atoms with van der Waals surface area (Å²) in [5.74, 6) is -0.319. The molecule has 1 rings (SSSR count). The van der Waals surface area contributed by atoms with Crippen molar-refractivity contribution >= 4 is 20.0 Å². The fraction of sp³-hybridized carbons (Fsp3) is 1.00. The average Bonchev–Trinajstić information content (AvgIpc) is 2.25. The fourth-order valence-electron chi connectivity index (χ4n) is 2.18. The van der Waals surface area contributed by atoms with E-state index in [4.69, 9.17) is 4.55 Å². The van der Waals surface area contributed by atoms with Crippen LogP contribution in [0, 0.1) is 0 Å². The Hall–Kier alpha value is -0.140. The van der Waals surface area contributed by atoms with Gasteiger partial charge in [-0.2, -0.15) is 8.42 Å². The summed E-state index contributed by atoms with van der Waals surface area (Å²) in [5.41, 5.74) is 0. The van der Waals surface area contributed by atoms with Gasteiger partial charge in [0.05, 0.1) is 16.8 Å². The second kappa shape index (κ2) is 6.15. The second-order valence-electron chi connectivity index (χ2n) is 4.62. The first-order valence-corrected chi connectivity index (χ1v) is 9.30. The lowest BCUT2D eigenvalue weighted by molar-refractivity contribution is 0.477. The number of rotatable bonds is 6. The van der Waals surface area contributed by atoms with E-state index in [0.29, 0.717) is 6.42 Å². The summed E-state index contributed by atoms with van der Waals surface area (Å²) in [4.78, 5) is 0. The molecule has 17 heavy (non-hydrogen) atoms. The minimum Gasteiger partial charge on any atom is -0.286 e. The van der Waals surface area contributed by atoms with Crippen molar-refractivity contribution in [3.05, 3.63) is 0 Å². The minimum atomic E-state index is -3.96. The molecule has 0 bridgehead atoms. The molecule has 0 heterocycles. The molecule has 0 spiro atoms. The first kappa shape index (κ1) is 14.9. The lowest BCUT2D eigenvalue weighted by Crippen LogP contribution is -2.26. The third-order valence-corrected chi connectivity index (χ3v) is 6.29. The summed E-state index contributed by atoms with van der Waals surface area (Å²) in [7, 11) is -7.04. The average molecular weight is 284 g/mol. The quantitative estimate of drug-likeness (QED) is 0.588. The van der Waals surface area contributed by atoms with Crippen LogP contribution in [-0.2, 0) is 20.0 Å². The Balaban J connectivity index is 2.34. The van der Waals surface area contributed by atoms with E-state index in [9.17, 15) is 16.8 Å². The van der Waals surface area contributed by atoms with Gasteiger partial charge in [0.2, 0.25) is 0 Å². The van der Waals surface area contributed by atoms with Crippen LogP contribution < -0.4 is 0 Å². The maximum absolute atomic E-state index is 11.9. The van der Waals surface area contributed by atoms with E-state index in [1.54, 1.807) is 0 Å². The van der Waals surface area contributed by atoms with Crippen molar-refractivity contribution in [2.24, 2.45) is 0 Å². The third kappa shape index (κ3) is 5.83. The lowest BCUT2D eigenvalue weighted by Gasteiger charge is -2.21. The van der Waals surface area contributed by atoms with Gasteiger partial charge < -0.3 is 0 Å². The molecule has 1 aliphatic rings. The summed E-state index contributed by atoms with van der Waals surface area (Å²) in [6, 6.07) is 0. The Bertz CT molecular complexity index is 418. The summed E-state index contributed by atoms with van der Waals surface area (Å²) in [6.07, 6.45) is 5.02. The highest BCUT2D eigenvalue weighted by Crippen LogP contribution is 2.24. The molecule has 7 heteroatoms. The highest BCUT2D eigenvalue weighted by molar-refractivity contribution is 7.92. The molecule has 0 atom stereocenters. The molecule has 0 radical (unpaired) electrons. The maximum atomic E-state index is 11.9. The molecule has 102 valence electrons. The highest BCUT2D eigenvalue weighted by Gasteiger charge is 2.26. The van der Waals surface area contributed by atoms with E-state index in [1.807, 2.05) is 0 Å². The third-order valence-electron chi connectivity index (χ3n) is 3.14. The van der Waals surface area contributed by atoms with E-state index in [1.165, 1.54) is 0 Å². The molecule has 1 aliphatic carbocycles. The van der Waals surface area contributed by atoms with Crippen molar-refractivity contribution in [2.45, 2.75) is 50.2 Å². The van der Waals surface area contributed by atoms with Crippen LogP contribution in [0.5, 0.6) is 0 Å². The van der Waals surface area contributed by atoms with Gasteiger partial charge in [0.25, 0.3) is 10.1 Å². The van der Waals surface area contributed by atoms with E-state index < -0.39 is 20.0 Å². The molecule has 1 N–H and O–H groups in total. The van der Waals surface area contributed by atoms with Crippen molar-refractivity contribution in [1.82, 2.24) is 0 Å². The molecule has 1 saturated carbocycles. The van der Waals surface area contributed by atoms with Gasteiger partial charge in [-0.1, -0.05) is 19.3 Å². The minimum absolute atomic E-state index is 0.0349. The monoisotopic (exact) mass is 284 g/mol. The molecule has 0 aromatic heterocycles. The van der Waals surface area contributed by atoms with Crippen LogP contribution in [-0.4, -0.2) is 38.1 Å². The standard InChI is InChI=1S/C10H20O5S2/c11-16(12,10-6-2-1-3-7-10)8-4-5-9-17(13,14)15/h10H,1-9H2,(H,13,14,15). The van der Waals surface area contributed by atoms with E-state index >= 15 is 0 Å². The van der Waals surface area contributed by atoms with E-state index in [0.717, 1.165) is 32.1 Å². The van der Waals surface area contributed by atoms with Gasteiger partial charge in [-0.15, -0.1) is 0 Å². The number of unbranched alkanes of at least 4 members (excludes halogenated alkanes) is 1.